The van der Waals surface area contributed by atoms with Gasteiger partial charge in [-0.15, -0.1) is 11.3 Å². The zero-order valence-electron chi connectivity index (χ0n) is 17.1. The highest BCUT2D eigenvalue weighted by molar-refractivity contribution is 7.21. The van der Waals surface area contributed by atoms with E-state index in [0.717, 1.165) is 22.9 Å². The van der Waals surface area contributed by atoms with Crippen molar-refractivity contribution < 1.29 is 19.5 Å². The normalized spacial score (nSPS) is 21.6. The van der Waals surface area contributed by atoms with Crippen LogP contribution in [0.3, 0.4) is 0 Å². The highest BCUT2D eigenvalue weighted by Gasteiger charge is 2.40. The van der Waals surface area contributed by atoms with Gasteiger partial charge in [-0.1, -0.05) is 36.2 Å². The standard InChI is InChI=1S/C24H21ClN2O4S/c25-20-16-3-1-2-4-19(16)32-21(20)23(29)27-18-11-14(7-8-15(18)24(30)31)22(28)26-17-10-12-5-6-13(17)9-12/h1-4,7-8,11-13,17H,5-6,9-10H2,(H,26,28)(H,27,29)(H,30,31)/t12-,13+,17+/m0/s1. The summed E-state index contributed by atoms with van der Waals surface area (Å²) in [4.78, 5) is 37.8. The summed E-state index contributed by atoms with van der Waals surface area (Å²) in [7, 11) is 0. The van der Waals surface area contributed by atoms with Crippen molar-refractivity contribution in [2.75, 3.05) is 5.32 Å². The fourth-order valence-electron chi connectivity index (χ4n) is 4.99. The number of carbonyl (C=O) groups excluding carboxylic acids is 2. The Morgan fingerprint density at radius 1 is 1.03 bits per heavy atom. The molecule has 0 radical (unpaired) electrons. The number of fused-ring (bicyclic) bond motifs is 3. The van der Waals surface area contributed by atoms with Crippen molar-refractivity contribution in [3.05, 3.63) is 63.5 Å². The molecule has 0 unspecified atom stereocenters. The Hall–Kier alpha value is -2.90. The molecule has 3 aromatic rings. The van der Waals surface area contributed by atoms with Gasteiger partial charge >= 0.3 is 5.97 Å². The van der Waals surface area contributed by atoms with Gasteiger partial charge in [0.25, 0.3) is 11.8 Å². The smallest absolute Gasteiger partial charge is 0.337 e. The number of benzene rings is 2. The Bertz CT molecular complexity index is 1250. The fourth-order valence-corrected chi connectivity index (χ4v) is 6.40. The van der Waals surface area contributed by atoms with Crippen LogP contribution in [0.15, 0.2) is 42.5 Å². The van der Waals surface area contributed by atoms with Gasteiger partial charge in [0, 0.05) is 21.7 Å². The maximum absolute atomic E-state index is 12.9. The van der Waals surface area contributed by atoms with Crippen molar-refractivity contribution in [2.45, 2.75) is 31.7 Å². The average Bonchev–Trinajstić information content (AvgIpc) is 3.48. The Balaban J connectivity index is 1.40. The molecule has 0 aliphatic heterocycles. The number of hydrogen-bond acceptors (Lipinski definition) is 4. The molecule has 5 rings (SSSR count). The summed E-state index contributed by atoms with van der Waals surface area (Å²) in [5.41, 5.74) is 0.291. The molecule has 3 atom stereocenters. The predicted molar refractivity (Wildman–Crippen MR) is 125 cm³/mol. The van der Waals surface area contributed by atoms with Crippen LogP contribution in [0.2, 0.25) is 5.02 Å². The van der Waals surface area contributed by atoms with Crippen LogP contribution in [0, 0.1) is 11.8 Å². The molecule has 2 aromatic carbocycles. The zero-order valence-corrected chi connectivity index (χ0v) is 18.6. The van der Waals surface area contributed by atoms with E-state index in [1.165, 1.54) is 42.4 Å². The number of rotatable bonds is 5. The van der Waals surface area contributed by atoms with Gasteiger partial charge in [-0.2, -0.15) is 0 Å². The second-order valence-corrected chi connectivity index (χ2v) is 9.95. The van der Waals surface area contributed by atoms with E-state index in [0.29, 0.717) is 27.3 Å². The third kappa shape index (κ3) is 3.76. The lowest BCUT2D eigenvalue weighted by Gasteiger charge is -2.23. The molecule has 2 fully saturated rings. The molecule has 1 aromatic heterocycles. The molecule has 164 valence electrons. The number of carboxylic acid groups (broad SMARTS) is 1. The summed E-state index contributed by atoms with van der Waals surface area (Å²) < 4.78 is 0.861. The van der Waals surface area contributed by atoms with Crippen molar-refractivity contribution in [3.63, 3.8) is 0 Å². The van der Waals surface area contributed by atoms with E-state index in [2.05, 4.69) is 10.6 Å². The molecule has 2 aliphatic carbocycles. The van der Waals surface area contributed by atoms with E-state index in [9.17, 15) is 19.5 Å². The maximum atomic E-state index is 12.9. The van der Waals surface area contributed by atoms with E-state index < -0.39 is 11.9 Å². The van der Waals surface area contributed by atoms with Gasteiger partial charge in [0.2, 0.25) is 0 Å². The summed E-state index contributed by atoms with van der Waals surface area (Å²) in [6.45, 7) is 0. The maximum Gasteiger partial charge on any atom is 0.337 e. The minimum absolute atomic E-state index is 0.0663. The van der Waals surface area contributed by atoms with Crippen molar-refractivity contribution in [3.8, 4) is 0 Å². The Morgan fingerprint density at radius 3 is 2.53 bits per heavy atom. The largest absolute Gasteiger partial charge is 0.478 e. The monoisotopic (exact) mass is 468 g/mol. The molecule has 6 nitrogen and oxygen atoms in total. The molecule has 1 heterocycles. The lowest BCUT2D eigenvalue weighted by molar-refractivity contribution is 0.0697. The van der Waals surface area contributed by atoms with Gasteiger partial charge in [-0.05, 0) is 55.4 Å². The molecular formula is C24H21ClN2O4S. The summed E-state index contributed by atoms with van der Waals surface area (Å²) in [6, 6.07) is 11.8. The molecule has 8 heteroatoms. The molecule has 3 N–H and O–H groups in total. The van der Waals surface area contributed by atoms with Gasteiger partial charge in [0.1, 0.15) is 4.88 Å². The van der Waals surface area contributed by atoms with Crippen molar-refractivity contribution >= 4 is 56.5 Å². The molecule has 2 amide bonds. The molecular weight excluding hydrogens is 448 g/mol. The number of carboxylic acids is 1. The van der Waals surface area contributed by atoms with Crippen LogP contribution in [0.5, 0.6) is 0 Å². The van der Waals surface area contributed by atoms with Crippen LogP contribution < -0.4 is 10.6 Å². The van der Waals surface area contributed by atoms with E-state index >= 15 is 0 Å². The quantitative estimate of drug-likeness (QED) is 0.465. The minimum atomic E-state index is -1.19. The zero-order chi connectivity index (χ0) is 22.4. The van der Waals surface area contributed by atoms with Crippen LogP contribution in [-0.2, 0) is 0 Å². The summed E-state index contributed by atoms with van der Waals surface area (Å²) in [5, 5.41) is 16.4. The lowest BCUT2D eigenvalue weighted by atomic mass is 9.95. The van der Waals surface area contributed by atoms with Gasteiger partial charge in [-0.25, -0.2) is 4.79 Å². The molecule has 2 aliphatic rings. The first-order valence-corrected chi connectivity index (χ1v) is 11.8. The second-order valence-electron chi connectivity index (χ2n) is 8.52. The van der Waals surface area contributed by atoms with Gasteiger partial charge in [-0.3, -0.25) is 9.59 Å². The van der Waals surface area contributed by atoms with Gasteiger partial charge in [0.15, 0.2) is 0 Å². The number of hydrogen-bond donors (Lipinski definition) is 3. The Morgan fingerprint density at radius 2 is 1.84 bits per heavy atom. The topological polar surface area (TPSA) is 95.5 Å². The SMILES string of the molecule is O=C(N[C@@H]1C[C@H]2CC[C@@H]1C2)c1ccc(C(=O)O)c(NC(=O)c2sc3ccccc3c2Cl)c1. The number of anilines is 1. The van der Waals surface area contributed by atoms with Gasteiger partial charge in [0.05, 0.1) is 16.3 Å². The summed E-state index contributed by atoms with van der Waals surface area (Å²) in [5.74, 6) is -0.737. The molecule has 0 saturated heterocycles. The van der Waals surface area contributed by atoms with Crippen LogP contribution in [-0.4, -0.2) is 28.9 Å². The lowest BCUT2D eigenvalue weighted by Crippen LogP contribution is -2.38. The summed E-state index contributed by atoms with van der Waals surface area (Å²) in [6.07, 6.45) is 4.55. The van der Waals surface area contributed by atoms with E-state index in [1.54, 1.807) is 0 Å². The van der Waals surface area contributed by atoms with Crippen LogP contribution >= 0.6 is 22.9 Å². The van der Waals surface area contributed by atoms with Crippen LogP contribution in [0.25, 0.3) is 10.1 Å². The highest BCUT2D eigenvalue weighted by atomic mass is 35.5. The number of nitrogens with one attached hydrogen (secondary N) is 2. The van der Waals surface area contributed by atoms with Crippen molar-refractivity contribution in [1.29, 1.82) is 0 Å². The van der Waals surface area contributed by atoms with Crippen molar-refractivity contribution in [2.24, 2.45) is 11.8 Å². The second kappa shape index (κ2) is 8.22. The van der Waals surface area contributed by atoms with Crippen LogP contribution in [0.1, 0.15) is 56.1 Å². The third-order valence-electron chi connectivity index (χ3n) is 6.56. The summed E-state index contributed by atoms with van der Waals surface area (Å²) >= 11 is 7.63. The number of halogens is 1. The first kappa shape index (κ1) is 21.0. The molecule has 0 spiro atoms. The third-order valence-corrected chi connectivity index (χ3v) is 8.23. The Labute approximate surface area is 193 Å². The molecule has 2 bridgehead atoms. The Kier molecular flexibility index (Phi) is 5.39. The predicted octanol–water partition coefficient (Wildman–Crippen LogP) is 5.42. The number of thiophene rings is 1. The first-order valence-electron chi connectivity index (χ1n) is 10.6. The fraction of sp³-hybridized carbons (Fsp3) is 0.292. The van der Waals surface area contributed by atoms with Crippen molar-refractivity contribution in [1.82, 2.24) is 5.32 Å². The van der Waals surface area contributed by atoms with E-state index in [4.69, 9.17) is 11.6 Å². The van der Waals surface area contributed by atoms with E-state index in [-0.39, 0.29) is 23.2 Å². The number of aromatic carboxylic acids is 1. The first-order chi connectivity index (χ1) is 15.4. The van der Waals surface area contributed by atoms with Crippen LogP contribution in [0.4, 0.5) is 5.69 Å². The number of carbonyl (C=O) groups is 3. The highest BCUT2D eigenvalue weighted by Crippen LogP contribution is 2.44. The minimum Gasteiger partial charge on any atom is -0.478 e. The molecule has 32 heavy (non-hydrogen) atoms. The average molecular weight is 469 g/mol. The number of amides is 2. The molecule has 2 saturated carbocycles. The van der Waals surface area contributed by atoms with Gasteiger partial charge < -0.3 is 15.7 Å². The van der Waals surface area contributed by atoms with E-state index in [1.807, 2.05) is 24.3 Å².